The van der Waals surface area contributed by atoms with Gasteiger partial charge in [-0.2, -0.15) is 0 Å². The van der Waals surface area contributed by atoms with Crippen LogP contribution in [0.15, 0.2) is 24.3 Å². The number of carbonyl (C=O) groups is 1. The molecule has 0 aromatic carbocycles. The number of allylic oxidation sites excluding steroid dienone is 3. The largest absolute Gasteiger partial charge is 0.394 e. The van der Waals surface area contributed by atoms with Crippen LogP contribution in [0, 0.1) is 0 Å². The number of unbranched alkanes of at least 4 members (excludes halogenated alkanes) is 45. The fraction of sp³-hybridized carbons (Fsp3) is 0.915. The Morgan fingerprint density at radius 2 is 0.619 bits per heavy atom. The van der Waals surface area contributed by atoms with Gasteiger partial charge in [-0.3, -0.25) is 4.79 Å². The van der Waals surface area contributed by atoms with Crippen molar-refractivity contribution in [2.45, 2.75) is 341 Å². The fourth-order valence-corrected chi connectivity index (χ4v) is 9.26. The van der Waals surface area contributed by atoms with E-state index in [2.05, 4.69) is 31.3 Å². The summed E-state index contributed by atoms with van der Waals surface area (Å²) in [4.78, 5) is 12.5. The van der Waals surface area contributed by atoms with E-state index in [4.69, 9.17) is 0 Å². The summed E-state index contributed by atoms with van der Waals surface area (Å²) in [6.45, 7) is 4.34. The van der Waals surface area contributed by atoms with Crippen LogP contribution in [-0.4, -0.2) is 34.9 Å². The van der Waals surface area contributed by atoms with Gasteiger partial charge in [-0.25, -0.2) is 0 Å². The normalized spacial score (nSPS) is 12.9. The van der Waals surface area contributed by atoms with E-state index < -0.39 is 12.1 Å². The molecule has 3 N–H and O–H groups in total. The Bertz CT molecular complexity index is 916. The van der Waals surface area contributed by atoms with Crippen molar-refractivity contribution in [3.8, 4) is 0 Å². The molecule has 0 fully saturated rings. The lowest BCUT2D eigenvalue weighted by Gasteiger charge is -2.19. The molecule has 0 saturated carbocycles. The van der Waals surface area contributed by atoms with Crippen LogP contribution in [0.4, 0.5) is 0 Å². The minimum atomic E-state index is -0.860. The van der Waals surface area contributed by atoms with Crippen molar-refractivity contribution in [3.05, 3.63) is 24.3 Å². The molecule has 0 radical (unpaired) electrons. The predicted molar refractivity (Wildman–Crippen MR) is 281 cm³/mol. The molecular weight excluding hydrogens is 771 g/mol. The third-order valence-corrected chi connectivity index (χ3v) is 13.7. The number of aliphatic hydroxyl groups is 2. The molecule has 63 heavy (non-hydrogen) atoms. The molecule has 2 unspecified atom stereocenters. The van der Waals surface area contributed by atoms with Crippen molar-refractivity contribution in [3.63, 3.8) is 0 Å². The van der Waals surface area contributed by atoms with E-state index in [0.29, 0.717) is 6.42 Å². The van der Waals surface area contributed by atoms with E-state index in [1.165, 1.54) is 276 Å². The second-order valence-corrected chi connectivity index (χ2v) is 20.1. The van der Waals surface area contributed by atoms with Gasteiger partial charge in [0.05, 0.1) is 18.8 Å². The molecule has 0 bridgehead atoms. The Morgan fingerprint density at radius 3 is 0.921 bits per heavy atom. The zero-order valence-electron chi connectivity index (χ0n) is 43.1. The summed E-state index contributed by atoms with van der Waals surface area (Å²) in [5, 5.41) is 23.2. The van der Waals surface area contributed by atoms with Gasteiger partial charge in [-0.1, -0.05) is 314 Å². The van der Waals surface area contributed by atoms with Crippen LogP contribution in [0.1, 0.15) is 328 Å². The number of hydrogen-bond donors (Lipinski definition) is 3. The predicted octanol–water partition coefficient (Wildman–Crippen LogP) is 19.1. The molecule has 0 aliphatic heterocycles. The van der Waals surface area contributed by atoms with E-state index in [1.807, 2.05) is 6.08 Å². The van der Waals surface area contributed by atoms with Gasteiger partial charge < -0.3 is 15.5 Å². The summed E-state index contributed by atoms with van der Waals surface area (Å²) in [6, 6.07) is -0.636. The molecule has 2 atom stereocenters. The van der Waals surface area contributed by atoms with Gasteiger partial charge >= 0.3 is 0 Å². The third kappa shape index (κ3) is 51.7. The molecule has 0 rings (SSSR count). The molecule has 0 aliphatic rings. The first-order valence-electron chi connectivity index (χ1n) is 29.1. The van der Waals surface area contributed by atoms with Crippen molar-refractivity contribution < 1.29 is 15.0 Å². The van der Waals surface area contributed by atoms with E-state index >= 15 is 0 Å². The third-order valence-electron chi connectivity index (χ3n) is 13.7. The van der Waals surface area contributed by atoms with Crippen molar-refractivity contribution in [1.82, 2.24) is 5.32 Å². The SMILES string of the molecule is CCCCCCCCCCCCCCCCC/C=C/CC/C=C/C(O)C(CO)NC(=O)CCCCCCCCCCCCCCCCCCCCCCCCCCCCCCCC. The molecule has 4 nitrogen and oxygen atoms in total. The maximum absolute atomic E-state index is 12.5. The quantitative estimate of drug-likeness (QED) is 0.0421. The highest BCUT2D eigenvalue weighted by molar-refractivity contribution is 5.76. The summed E-state index contributed by atoms with van der Waals surface area (Å²) < 4.78 is 0. The minimum Gasteiger partial charge on any atom is -0.394 e. The average Bonchev–Trinajstić information content (AvgIpc) is 3.29. The molecule has 1 amide bonds. The average molecular weight is 887 g/mol. The van der Waals surface area contributed by atoms with Crippen LogP contribution < -0.4 is 5.32 Å². The molecular formula is C59H115NO3. The summed E-state index contributed by atoms with van der Waals surface area (Å²) in [6.07, 6.45) is 73.6. The Kier molecular flexibility index (Phi) is 54.2. The van der Waals surface area contributed by atoms with Crippen LogP contribution in [0.3, 0.4) is 0 Å². The smallest absolute Gasteiger partial charge is 0.220 e. The number of hydrogen-bond acceptors (Lipinski definition) is 3. The highest BCUT2D eigenvalue weighted by Crippen LogP contribution is 2.18. The first kappa shape index (κ1) is 61.9. The molecule has 0 aromatic rings. The van der Waals surface area contributed by atoms with Crippen molar-refractivity contribution in [2.24, 2.45) is 0 Å². The maximum atomic E-state index is 12.5. The summed E-state index contributed by atoms with van der Waals surface area (Å²) in [7, 11) is 0. The van der Waals surface area contributed by atoms with E-state index in [1.54, 1.807) is 6.08 Å². The molecule has 0 heterocycles. The van der Waals surface area contributed by atoms with Crippen molar-refractivity contribution in [2.75, 3.05) is 6.61 Å². The molecule has 374 valence electrons. The molecule has 0 aromatic heterocycles. The van der Waals surface area contributed by atoms with Crippen LogP contribution in [0.25, 0.3) is 0 Å². The van der Waals surface area contributed by atoms with Crippen LogP contribution in [0.2, 0.25) is 0 Å². The molecule has 0 aliphatic carbocycles. The Morgan fingerprint density at radius 1 is 0.365 bits per heavy atom. The maximum Gasteiger partial charge on any atom is 0.220 e. The lowest BCUT2D eigenvalue weighted by molar-refractivity contribution is -0.123. The zero-order valence-corrected chi connectivity index (χ0v) is 43.1. The van der Waals surface area contributed by atoms with Gasteiger partial charge in [0.25, 0.3) is 0 Å². The van der Waals surface area contributed by atoms with Crippen LogP contribution >= 0.6 is 0 Å². The second kappa shape index (κ2) is 55.2. The second-order valence-electron chi connectivity index (χ2n) is 20.1. The van der Waals surface area contributed by atoms with Gasteiger partial charge in [0.1, 0.15) is 0 Å². The standard InChI is InChI=1S/C59H115NO3/c1-3-5-7-9-11-13-15-17-19-21-23-25-26-27-28-29-30-31-32-33-35-37-39-41-43-45-47-49-51-53-55-59(63)60-57(56-61)58(62)54-52-50-48-46-44-42-40-38-36-34-24-22-20-18-16-14-12-10-8-6-4-2/h44,46,52,54,57-58,61-62H,3-43,45,47-51,53,55-56H2,1-2H3,(H,60,63)/b46-44+,54-52+. The monoisotopic (exact) mass is 886 g/mol. The number of nitrogens with one attached hydrogen (secondary N) is 1. The van der Waals surface area contributed by atoms with E-state index in [-0.39, 0.29) is 12.5 Å². The molecule has 0 saturated heterocycles. The summed E-state index contributed by atoms with van der Waals surface area (Å²) >= 11 is 0. The fourth-order valence-electron chi connectivity index (χ4n) is 9.26. The zero-order chi connectivity index (χ0) is 45.6. The molecule has 4 heteroatoms. The topological polar surface area (TPSA) is 69.6 Å². The first-order chi connectivity index (χ1) is 31.2. The van der Waals surface area contributed by atoms with Crippen LogP contribution in [-0.2, 0) is 4.79 Å². The summed E-state index contributed by atoms with van der Waals surface area (Å²) in [5.74, 6) is -0.0662. The summed E-state index contributed by atoms with van der Waals surface area (Å²) in [5.41, 5.74) is 0. The van der Waals surface area contributed by atoms with Crippen molar-refractivity contribution in [1.29, 1.82) is 0 Å². The highest BCUT2D eigenvalue weighted by Gasteiger charge is 2.18. The van der Waals surface area contributed by atoms with Crippen LogP contribution in [0.5, 0.6) is 0 Å². The Labute approximate surface area is 396 Å². The number of amides is 1. The van der Waals surface area contributed by atoms with Gasteiger partial charge in [-0.05, 0) is 32.1 Å². The highest BCUT2D eigenvalue weighted by atomic mass is 16.3. The molecule has 0 spiro atoms. The lowest BCUT2D eigenvalue weighted by Crippen LogP contribution is -2.45. The first-order valence-corrected chi connectivity index (χ1v) is 29.1. The van der Waals surface area contributed by atoms with E-state index in [0.717, 1.165) is 32.1 Å². The minimum absolute atomic E-state index is 0.0662. The van der Waals surface area contributed by atoms with E-state index in [9.17, 15) is 15.0 Å². The number of rotatable bonds is 54. The van der Waals surface area contributed by atoms with Gasteiger partial charge in [-0.15, -0.1) is 0 Å². The Hall–Kier alpha value is -1.13. The van der Waals surface area contributed by atoms with Gasteiger partial charge in [0.15, 0.2) is 0 Å². The Balaban J connectivity index is 3.46. The number of aliphatic hydroxyl groups excluding tert-OH is 2. The van der Waals surface area contributed by atoms with Gasteiger partial charge in [0, 0.05) is 6.42 Å². The number of carbonyl (C=O) groups excluding carboxylic acids is 1. The van der Waals surface area contributed by atoms with Gasteiger partial charge in [0.2, 0.25) is 5.91 Å². The lowest BCUT2D eigenvalue weighted by atomic mass is 10.0. The van der Waals surface area contributed by atoms with Crippen molar-refractivity contribution >= 4 is 5.91 Å².